The number of amidine groups is 1. The first-order valence-electron chi connectivity index (χ1n) is 9.61. The molecular weight excluding hydrogens is 416 g/mol. The van der Waals surface area contributed by atoms with Gasteiger partial charge in [-0.2, -0.15) is 5.10 Å². The number of nitrogens with zero attached hydrogens (tertiary/aromatic N) is 4. The van der Waals surface area contributed by atoms with Gasteiger partial charge in [0, 0.05) is 38.1 Å². The molecule has 2 heterocycles. The fourth-order valence-electron chi connectivity index (χ4n) is 2.78. The fourth-order valence-corrected chi connectivity index (χ4v) is 2.78. The predicted octanol–water partition coefficient (Wildman–Crippen LogP) is 2.37. The third-order valence-electron chi connectivity index (χ3n) is 4.18. The van der Waals surface area contributed by atoms with Crippen LogP contribution in [0.15, 0.2) is 53.9 Å². The van der Waals surface area contributed by atoms with Crippen molar-refractivity contribution < 1.29 is 24.2 Å². The van der Waals surface area contributed by atoms with Crippen molar-refractivity contribution in [2.45, 2.75) is 13.0 Å². The Morgan fingerprint density at radius 3 is 2.66 bits per heavy atom. The van der Waals surface area contributed by atoms with Crippen molar-refractivity contribution in [3.63, 3.8) is 0 Å². The number of benzene rings is 1. The molecule has 2 aromatic heterocycles. The van der Waals surface area contributed by atoms with E-state index in [0.717, 1.165) is 0 Å². The number of anilines is 1. The molecule has 1 aromatic carbocycles. The number of oxime groups is 1. The van der Waals surface area contributed by atoms with Gasteiger partial charge in [-0.15, -0.1) is 0 Å². The van der Waals surface area contributed by atoms with Crippen molar-refractivity contribution in [2.24, 2.45) is 17.9 Å². The zero-order valence-electron chi connectivity index (χ0n) is 17.8. The first-order chi connectivity index (χ1) is 15.4. The number of ether oxygens (including phenoxy) is 3. The molecule has 1 atom stereocenters. The second kappa shape index (κ2) is 10.3. The van der Waals surface area contributed by atoms with Gasteiger partial charge in [0.15, 0.2) is 11.7 Å². The third-order valence-corrected chi connectivity index (χ3v) is 4.18. The van der Waals surface area contributed by atoms with E-state index >= 15 is 0 Å². The van der Waals surface area contributed by atoms with Gasteiger partial charge in [-0.1, -0.05) is 5.16 Å². The second-order valence-corrected chi connectivity index (χ2v) is 6.87. The number of methoxy groups -OCH3 is 1. The highest BCUT2D eigenvalue weighted by molar-refractivity contribution is 6.04. The molecule has 11 nitrogen and oxygen atoms in total. The van der Waals surface area contributed by atoms with Crippen LogP contribution in [0.1, 0.15) is 23.0 Å². The Kier molecular flexibility index (Phi) is 7.24. The van der Waals surface area contributed by atoms with E-state index in [1.54, 1.807) is 61.4 Å². The Morgan fingerprint density at radius 1 is 1.25 bits per heavy atom. The number of carbonyl (C=O) groups is 1. The molecule has 168 valence electrons. The number of nitrogens with two attached hydrogens (primary N) is 1. The number of hydrogen-bond acceptors (Lipinski definition) is 8. The Bertz CT molecular complexity index is 1100. The van der Waals surface area contributed by atoms with E-state index < -0.39 is 0 Å². The highest BCUT2D eigenvalue weighted by Gasteiger charge is 2.14. The summed E-state index contributed by atoms with van der Waals surface area (Å²) >= 11 is 0. The lowest BCUT2D eigenvalue weighted by atomic mass is 10.2. The molecule has 3 aromatic rings. The molecule has 0 saturated heterocycles. The van der Waals surface area contributed by atoms with Crippen LogP contribution < -0.4 is 20.5 Å². The maximum absolute atomic E-state index is 12.8. The van der Waals surface area contributed by atoms with Crippen LogP contribution in [0.3, 0.4) is 0 Å². The minimum absolute atomic E-state index is 0.118. The number of pyridine rings is 1. The minimum atomic E-state index is -0.376. The van der Waals surface area contributed by atoms with Crippen LogP contribution in [0.25, 0.3) is 0 Å². The summed E-state index contributed by atoms with van der Waals surface area (Å²) < 4.78 is 18.4. The zero-order valence-corrected chi connectivity index (χ0v) is 17.8. The number of aryl methyl sites for hydroxylation is 1. The number of carbonyl (C=O) groups excluding carboxylic acids is 1. The van der Waals surface area contributed by atoms with E-state index in [-0.39, 0.29) is 17.8 Å². The molecule has 0 unspecified atom stereocenters. The molecule has 3 rings (SSSR count). The van der Waals surface area contributed by atoms with E-state index in [2.05, 4.69) is 20.6 Å². The summed E-state index contributed by atoms with van der Waals surface area (Å²) in [6, 6.07) is 9.67. The van der Waals surface area contributed by atoms with Crippen molar-refractivity contribution in [1.29, 1.82) is 0 Å². The van der Waals surface area contributed by atoms with Gasteiger partial charge < -0.3 is 30.5 Å². The van der Waals surface area contributed by atoms with Crippen molar-refractivity contribution in [3.8, 4) is 17.2 Å². The smallest absolute Gasteiger partial charge is 0.257 e. The molecule has 11 heteroatoms. The van der Waals surface area contributed by atoms with Gasteiger partial charge >= 0.3 is 0 Å². The molecule has 4 N–H and O–H groups in total. The molecule has 0 saturated carbocycles. The SMILES string of the molecule is COC[C@H](C)Oc1cc(Oc2ccc(/C(N)=N/O)nc2)cc(C(=O)Nc2ccn(C)n2)c1. The van der Waals surface area contributed by atoms with E-state index in [1.165, 1.54) is 6.20 Å². The Labute approximate surface area is 184 Å². The first kappa shape index (κ1) is 22.6. The number of nitrogens with one attached hydrogen (secondary N) is 1. The Hall–Kier alpha value is -4.12. The molecule has 1 amide bonds. The van der Waals surface area contributed by atoms with Crippen LogP contribution in [0.2, 0.25) is 0 Å². The largest absolute Gasteiger partial charge is 0.488 e. The van der Waals surface area contributed by atoms with Crippen molar-refractivity contribution >= 4 is 17.6 Å². The normalized spacial score (nSPS) is 12.3. The number of rotatable bonds is 9. The summed E-state index contributed by atoms with van der Waals surface area (Å²) in [4.78, 5) is 16.9. The molecule has 0 aliphatic heterocycles. The topological polar surface area (TPSA) is 146 Å². The fraction of sp³-hybridized carbons (Fsp3) is 0.238. The summed E-state index contributed by atoms with van der Waals surface area (Å²) in [6.45, 7) is 2.22. The van der Waals surface area contributed by atoms with Gasteiger partial charge in [-0.3, -0.25) is 9.48 Å². The Morgan fingerprint density at radius 2 is 2.03 bits per heavy atom. The molecular formula is C21H24N6O5. The van der Waals surface area contributed by atoms with Crippen LogP contribution in [0.5, 0.6) is 17.2 Å². The molecule has 0 aliphatic carbocycles. The Balaban J connectivity index is 1.86. The predicted molar refractivity (Wildman–Crippen MR) is 116 cm³/mol. The van der Waals surface area contributed by atoms with Gasteiger partial charge in [-0.25, -0.2) is 4.98 Å². The van der Waals surface area contributed by atoms with E-state index in [9.17, 15) is 4.79 Å². The summed E-state index contributed by atoms with van der Waals surface area (Å²) in [6.07, 6.45) is 2.90. The van der Waals surface area contributed by atoms with Crippen LogP contribution in [0.4, 0.5) is 5.82 Å². The van der Waals surface area contributed by atoms with Crippen LogP contribution >= 0.6 is 0 Å². The molecule has 32 heavy (non-hydrogen) atoms. The average Bonchev–Trinajstić information content (AvgIpc) is 3.18. The van der Waals surface area contributed by atoms with Gasteiger partial charge in [0.05, 0.1) is 12.8 Å². The van der Waals surface area contributed by atoms with E-state index in [1.807, 2.05) is 6.92 Å². The highest BCUT2D eigenvalue weighted by atomic mass is 16.5. The quantitative estimate of drug-likeness (QED) is 0.199. The molecule has 0 aliphatic rings. The highest BCUT2D eigenvalue weighted by Crippen LogP contribution is 2.28. The van der Waals surface area contributed by atoms with E-state index in [0.29, 0.717) is 40.9 Å². The second-order valence-electron chi connectivity index (χ2n) is 6.87. The molecule has 0 radical (unpaired) electrons. The van der Waals surface area contributed by atoms with Gasteiger partial charge in [0.25, 0.3) is 5.91 Å². The zero-order chi connectivity index (χ0) is 23.1. The number of aromatic nitrogens is 3. The van der Waals surface area contributed by atoms with Crippen molar-refractivity contribution in [2.75, 3.05) is 19.0 Å². The number of hydrogen-bond donors (Lipinski definition) is 3. The third kappa shape index (κ3) is 5.95. The van der Waals surface area contributed by atoms with Crippen molar-refractivity contribution in [3.05, 3.63) is 60.0 Å². The maximum atomic E-state index is 12.8. The maximum Gasteiger partial charge on any atom is 0.257 e. The van der Waals surface area contributed by atoms with Crippen LogP contribution in [-0.2, 0) is 11.8 Å². The lowest BCUT2D eigenvalue weighted by molar-refractivity contribution is 0.0915. The lowest BCUT2D eigenvalue weighted by Crippen LogP contribution is -2.18. The monoisotopic (exact) mass is 440 g/mol. The molecule has 0 spiro atoms. The molecule has 0 bridgehead atoms. The minimum Gasteiger partial charge on any atom is -0.488 e. The first-order valence-corrected chi connectivity index (χ1v) is 9.61. The van der Waals surface area contributed by atoms with Crippen LogP contribution in [-0.4, -0.2) is 51.5 Å². The van der Waals surface area contributed by atoms with Gasteiger partial charge in [0.2, 0.25) is 0 Å². The average molecular weight is 440 g/mol. The van der Waals surface area contributed by atoms with Crippen LogP contribution in [0, 0.1) is 0 Å². The lowest BCUT2D eigenvalue weighted by Gasteiger charge is -2.16. The summed E-state index contributed by atoms with van der Waals surface area (Å²) in [5.41, 5.74) is 6.13. The standard InChI is InChI=1S/C21H24N6O5/c1-13(12-30-3)31-16-8-14(21(28)24-19-6-7-27(2)25-19)9-17(10-16)32-15-4-5-18(23-11-15)20(22)26-29/h4-11,13,29H,12H2,1-3H3,(H2,22,26)(H,24,25,28)/t13-/m0/s1. The number of amides is 1. The summed E-state index contributed by atoms with van der Waals surface area (Å²) in [5.74, 6) is 1.10. The summed E-state index contributed by atoms with van der Waals surface area (Å²) in [7, 11) is 3.34. The van der Waals surface area contributed by atoms with Gasteiger partial charge in [0.1, 0.15) is 29.0 Å². The van der Waals surface area contributed by atoms with Gasteiger partial charge in [-0.05, 0) is 31.2 Å². The molecule has 0 fully saturated rings. The summed E-state index contributed by atoms with van der Waals surface area (Å²) in [5, 5.41) is 18.5. The van der Waals surface area contributed by atoms with E-state index in [4.69, 9.17) is 25.2 Å². The van der Waals surface area contributed by atoms with Crippen molar-refractivity contribution in [1.82, 2.24) is 14.8 Å².